The highest BCUT2D eigenvalue weighted by atomic mass is 32.1. The molecule has 1 aliphatic rings. The Morgan fingerprint density at radius 1 is 1.56 bits per heavy atom. The van der Waals surface area contributed by atoms with Crippen molar-refractivity contribution in [2.45, 2.75) is 26.3 Å². The van der Waals surface area contributed by atoms with E-state index in [1.807, 2.05) is 6.20 Å². The van der Waals surface area contributed by atoms with Crippen LogP contribution in [-0.2, 0) is 6.54 Å². The Morgan fingerprint density at radius 3 is 2.94 bits per heavy atom. The molecule has 2 rings (SSSR count). The van der Waals surface area contributed by atoms with Gasteiger partial charge in [-0.1, -0.05) is 0 Å². The van der Waals surface area contributed by atoms with Crippen molar-refractivity contribution >= 4 is 17.3 Å². The van der Waals surface area contributed by atoms with Crippen LogP contribution in [-0.4, -0.2) is 24.5 Å². The van der Waals surface area contributed by atoms with Crippen molar-refractivity contribution in [2.24, 2.45) is 10.9 Å². The molecule has 1 aromatic heterocycles. The highest BCUT2D eigenvalue weighted by Gasteiger charge is 2.20. The summed E-state index contributed by atoms with van der Waals surface area (Å²) in [5.41, 5.74) is 0. The number of aliphatic imine (C=N–C) groups is 1. The standard InChI is InChI=1S/C11H18N4S/c1-8-5-13-10(16-8)7-15-11(12-2)14-6-9-3-4-9/h5,9H,3-4,6-7H2,1-2H3,(H2,12,14,15). The van der Waals surface area contributed by atoms with Crippen molar-refractivity contribution in [2.75, 3.05) is 13.6 Å². The van der Waals surface area contributed by atoms with E-state index in [1.165, 1.54) is 17.7 Å². The van der Waals surface area contributed by atoms with Crippen LogP contribution in [0.1, 0.15) is 22.7 Å². The van der Waals surface area contributed by atoms with Gasteiger partial charge in [0.2, 0.25) is 0 Å². The summed E-state index contributed by atoms with van der Waals surface area (Å²) in [6, 6.07) is 0. The third-order valence-electron chi connectivity index (χ3n) is 2.55. The monoisotopic (exact) mass is 238 g/mol. The predicted molar refractivity (Wildman–Crippen MR) is 67.8 cm³/mol. The van der Waals surface area contributed by atoms with Crippen LogP contribution >= 0.6 is 11.3 Å². The summed E-state index contributed by atoms with van der Waals surface area (Å²) in [4.78, 5) is 9.73. The minimum absolute atomic E-state index is 0.753. The van der Waals surface area contributed by atoms with Crippen molar-refractivity contribution in [3.05, 3.63) is 16.1 Å². The second-order valence-electron chi connectivity index (χ2n) is 4.11. The summed E-state index contributed by atoms with van der Waals surface area (Å²) in [6.07, 6.45) is 4.62. The molecule has 0 amide bonds. The Balaban J connectivity index is 1.73. The van der Waals surface area contributed by atoms with E-state index in [4.69, 9.17) is 0 Å². The Bertz CT molecular complexity index is 368. The second kappa shape index (κ2) is 5.30. The fourth-order valence-corrected chi connectivity index (χ4v) is 2.15. The average molecular weight is 238 g/mol. The molecule has 1 aliphatic carbocycles. The lowest BCUT2D eigenvalue weighted by atomic mass is 10.4. The lowest BCUT2D eigenvalue weighted by Gasteiger charge is -2.09. The minimum Gasteiger partial charge on any atom is -0.356 e. The zero-order chi connectivity index (χ0) is 11.4. The Morgan fingerprint density at radius 2 is 2.38 bits per heavy atom. The first-order chi connectivity index (χ1) is 7.78. The number of hydrogen-bond acceptors (Lipinski definition) is 3. The molecule has 0 radical (unpaired) electrons. The fraction of sp³-hybridized carbons (Fsp3) is 0.636. The van der Waals surface area contributed by atoms with Crippen LogP contribution < -0.4 is 10.6 Å². The summed E-state index contributed by atoms with van der Waals surface area (Å²) in [6.45, 7) is 3.86. The van der Waals surface area contributed by atoms with E-state index in [1.54, 1.807) is 18.4 Å². The maximum atomic E-state index is 4.30. The van der Waals surface area contributed by atoms with Crippen molar-refractivity contribution in [1.29, 1.82) is 0 Å². The van der Waals surface area contributed by atoms with Gasteiger partial charge in [0.15, 0.2) is 5.96 Å². The highest BCUT2D eigenvalue weighted by molar-refractivity contribution is 7.11. The van der Waals surface area contributed by atoms with Gasteiger partial charge in [-0.15, -0.1) is 11.3 Å². The van der Waals surface area contributed by atoms with E-state index >= 15 is 0 Å². The largest absolute Gasteiger partial charge is 0.356 e. The zero-order valence-electron chi connectivity index (χ0n) is 9.79. The van der Waals surface area contributed by atoms with Crippen LogP contribution in [0.15, 0.2) is 11.2 Å². The number of nitrogens with one attached hydrogen (secondary N) is 2. The van der Waals surface area contributed by atoms with Crippen molar-refractivity contribution in [3.63, 3.8) is 0 Å². The molecule has 0 aromatic carbocycles. The van der Waals surface area contributed by atoms with Crippen LogP contribution in [0.5, 0.6) is 0 Å². The smallest absolute Gasteiger partial charge is 0.191 e. The van der Waals surface area contributed by atoms with Gasteiger partial charge < -0.3 is 10.6 Å². The second-order valence-corrected chi connectivity index (χ2v) is 5.43. The molecule has 1 aromatic rings. The number of thiazole rings is 1. The SMILES string of the molecule is CN=C(NCc1ncc(C)s1)NCC1CC1. The van der Waals surface area contributed by atoms with Gasteiger partial charge in [0.05, 0.1) is 6.54 Å². The fourth-order valence-electron chi connectivity index (χ4n) is 1.43. The molecule has 1 fully saturated rings. The predicted octanol–water partition coefficient (Wildman–Crippen LogP) is 1.53. The molecule has 0 unspecified atom stereocenters. The Hall–Kier alpha value is -1.10. The van der Waals surface area contributed by atoms with Gasteiger partial charge in [-0.2, -0.15) is 0 Å². The average Bonchev–Trinajstić information content (AvgIpc) is 3.02. The molecule has 0 saturated heterocycles. The summed E-state index contributed by atoms with van der Waals surface area (Å²) in [7, 11) is 1.80. The number of guanidine groups is 1. The molecule has 0 bridgehead atoms. The van der Waals surface area contributed by atoms with E-state index in [2.05, 4.69) is 27.5 Å². The molecular formula is C11H18N4S. The molecule has 88 valence electrons. The van der Waals surface area contributed by atoms with Gasteiger partial charge in [0, 0.05) is 24.7 Å². The lowest BCUT2D eigenvalue weighted by molar-refractivity contribution is 0.736. The number of rotatable bonds is 4. The van der Waals surface area contributed by atoms with Crippen molar-refractivity contribution in [3.8, 4) is 0 Å². The first-order valence-corrected chi connectivity index (χ1v) is 6.45. The normalized spacial score (nSPS) is 16.2. The van der Waals surface area contributed by atoms with Crippen LogP contribution in [0.25, 0.3) is 0 Å². The number of aryl methyl sites for hydroxylation is 1. The highest BCUT2D eigenvalue weighted by Crippen LogP contribution is 2.27. The van der Waals surface area contributed by atoms with Crippen molar-refractivity contribution < 1.29 is 0 Å². The van der Waals surface area contributed by atoms with Gasteiger partial charge in [-0.05, 0) is 25.7 Å². The summed E-state index contributed by atoms with van der Waals surface area (Å²) >= 11 is 1.72. The quantitative estimate of drug-likeness (QED) is 0.618. The lowest BCUT2D eigenvalue weighted by Crippen LogP contribution is -2.37. The van der Waals surface area contributed by atoms with E-state index in [-0.39, 0.29) is 0 Å². The van der Waals surface area contributed by atoms with Crippen LogP contribution in [0.2, 0.25) is 0 Å². The summed E-state index contributed by atoms with van der Waals surface area (Å²) in [5, 5.41) is 7.70. The zero-order valence-corrected chi connectivity index (χ0v) is 10.6. The van der Waals surface area contributed by atoms with E-state index in [0.29, 0.717) is 0 Å². The molecule has 1 heterocycles. The molecule has 16 heavy (non-hydrogen) atoms. The first-order valence-electron chi connectivity index (χ1n) is 5.63. The third kappa shape index (κ3) is 3.48. The van der Waals surface area contributed by atoms with E-state index in [0.717, 1.165) is 30.0 Å². The molecular weight excluding hydrogens is 220 g/mol. The maximum Gasteiger partial charge on any atom is 0.191 e. The number of aromatic nitrogens is 1. The van der Waals surface area contributed by atoms with E-state index in [9.17, 15) is 0 Å². The van der Waals surface area contributed by atoms with Gasteiger partial charge in [-0.3, -0.25) is 4.99 Å². The van der Waals surface area contributed by atoms with Gasteiger partial charge in [-0.25, -0.2) is 4.98 Å². The van der Waals surface area contributed by atoms with Crippen LogP contribution in [0, 0.1) is 12.8 Å². The molecule has 0 aliphatic heterocycles. The Kier molecular flexibility index (Phi) is 3.77. The van der Waals surface area contributed by atoms with Gasteiger partial charge in [0.1, 0.15) is 5.01 Å². The summed E-state index contributed by atoms with van der Waals surface area (Å²) in [5.74, 6) is 1.74. The number of nitrogens with zero attached hydrogens (tertiary/aromatic N) is 2. The van der Waals surface area contributed by atoms with Crippen LogP contribution in [0.4, 0.5) is 0 Å². The van der Waals surface area contributed by atoms with E-state index < -0.39 is 0 Å². The first kappa shape index (κ1) is 11.4. The third-order valence-corrected chi connectivity index (χ3v) is 3.47. The Labute approximate surface area is 100 Å². The van der Waals surface area contributed by atoms with Crippen molar-refractivity contribution in [1.82, 2.24) is 15.6 Å². The molecule has 4 nitrogen and oxygen atoms in total. The molecule has 0 spiro atoms. The molecule has 5 heteroatoms. The van der Waals surface area contributed by atoms with Gasteiger partial charge in [0.25, 0.3) is 0 Å². The summed E-state index contributed by atoms with van der Waals surface area (Å²) < 4.78 is 0. The molecule has 1 saturated carbocycles. The maximum absolute atomic E-state index is 4.30. The molecule has 0 atom stereocenters. The molecule has 2 N–H and O–H groups in total. The topological polar surface area (TPSA) is 49.3 Å². The number of hydrogen-bond donors (Lipinski definition) is 2. The van der Waals surface area contributed by atoms with Gasteiger partial charge >= 0.3 is 0 Å². The van der Waals surface area contributed by atoms with Crippen LogP contribution in [0.3, 0.4) is 0 Å². The minimum atomic E-state index is 0.753.